The lowest BCUT2D eigenvalue weighted by Gasteiger charge is -2.10. The fourth-order valence-corrected chi connectivity index (χ4v) is 4.32. The molecule has 3 aromatic carbocycles. The number of rotatable bonds is 6. The van der Waals surface area contributed by atoms with Gasteiger partial charge in [-0.15, -0.1) is 10.2 Å². The van der Waals surface area contributed by atoms with Gasteiger partial charge in [0, 0.05) is 17.1 Å². The first kappa shape index (κ1) is 18.8. The van der Waals surface area contributed by atoms with E-state index in [4.69, 9.17) is 0 Å². The molecule has 150 valence electrons. The molecule has 4 aromatic rings. The Kier molecular flexibility index (Phi) is 4.96. The Morgan fingerprint density at radius 3 is 2.63 bits per heavy atom. The number of aromatic nitrogens is 3. The van der Waals surface area contributed by atoms with Crippen LogP contribution in [0.25, 0.3) is 22.2 Å². The smallest absolute Gasteiger partial charge is 0.234 e. The average Bonchev–Trinajstić information content (AvgIpc) is 3.52. The number of amides is 1. The summed E-state index contributed by atoms with van der Waals surface area (Å²) in [7, 11) is 0. The van der Waals surface area contributed by atoms with E-state index >= 15 is 0 Å². The minimum atomic E-state index is -0.322. The summed E-state index contributed by atoms with van der Waals surface area (Å²) < 4.78 is 16.2. The Morgan fingerprint density at radius 1 is 1.03 bits per heavy atom. The van der Waals surface area contributed by atoms with E-state index < -0.39 is 0 Å². The maximum Gasteiger partial charge on any atom is 0.234 e. The van der Waals surface area contributed by atoms with Crippen LogP contribution in [0.5, 0.6) is 0 Å². The van der Waals surface area contributed by atoms with Crippen molar-refractivity contribution < 1.29 is 9.18 Å². The van der Waals surface area contributed by atoms with Gasteiger partial charge in [0.25, 0.3) is 0 Å². The van der Waals surface area contributed by atoms with Crippen molar-refractivity contribution in [2.75, 3.05) is 11.1 Å². The summed E-state index contributed by atoms with van der Waals surface area (Å²) in [6.07, 6.45) is 2.02. The number of nitrogens with one attached hydrogen (secondary N) is 1. The molecule has 1 aliphatic rings. The predicted molar refractivity (Wildman–Crippen MR) is 117 cm³/mol. The first-order valence-corrected chi connectivity index (χ1v) is 10.8. The summed E-state index contributed by atoms with van der Waals surface area (Å²) in [5.74, 6) is 0.282. The Morgan fingerprint density at radius 2 is 1.80 bits per heavy atom. The van der Waals surface area contributed by atoms with Crippen LogP contribution in [0.15, 0.2) is 71.9 Å². The number of thioether (sulfide) groups is 1. The van der Waals surface area contributed by atoms with Gasteiger partial charge in [0.2, 0.25) is 5.91 Å². The van der Waals surface area contributed by atoms with Crippen molar-refractivity contribution in [2.45, 2.75) is 24.0 Å². The fourth-order valence-electron chi connectivity index (χ4n) is 3.51. The quantitative estimate of drug-likeness (QED) is 0.432. The number of nitrogens with zero attached hydrogens (tertiary/aromatic N) is 3. The van der Waals surface area contributed by atoms with Crippen LogP contribution >= 0.6 is 11.8 Å². The van der Waals surface area contributed by atoms with Crippen molar-refractivity contribution in [1.82, 2.24) is 14.8 Å². The molecular formula is C23H19FN4OS. The molecule has 0 aliphatic heterocycles. The molecule has 1 saturated carbocycles. The van der Waals surface area contributed by atoms with Crippen molar-refractivity contribution in [3.8, 4) is 11.4 Å². The van der Waals surface area contributed by atoms with E-state index in [1.165, 1.54) is 17.8 Å². The predicted octanol–water partition coefficient (Wildman–Crippen LogP) is 5.30. The minimum absolute atomic E-state index is 0.117. The normalized spacial score (nSPS) is 13.5. The lowest BCUT2D eigenvalue weighted by Crippen LogP contribution is -2.15. The number of halogens is 1. The molecule has 1 heterocycles. The number of benzene rings is 3. The second-order valence-corrected chi connectivity index (χ2v) is 8.19. The van der Waals surface area contributed by atoms with Gasteiger partial charge in [0.15, 0.2) is 11.0 Å². The first-order valence-electron chi connectivity index (χ1n) is 9.81. The molecule has 1 amide bonds. The maximum absolute atomic E-state index is 14.3. The largest absolute Gasteiger partial charge is 0.325 e. The molecule has 30 heavy (non-hydrogen) atoms. The lowest BCUT2D eigenvalue weighted by molar-refractivity contribution is -0.113. The number of anilines is 1. The Bertz CT molecular complexity index is 1230. The van der Waals surface area contributed by atoms with Crippen molar-refractivity contribution in [2.24, 2.45) is 0 Å². The van der Waals surface area contributed by atoms with E-state index in [1.807, 2.05) is 47.0 Å². The number of hydrogen-bond donors (Lipinski definition) is 1. The molecule has 5 rings (SSSR count). The molecule has 0 bridgehead atoms. The van der Waals surface area contributed by atoms with Crippen LogP contribution in [0.4, 0.5) is 10.1 Å². The third-order valence-electron chi connectivity index (χ3n) is 5.09. The molecule has 1 N–H and O–H groups in total. The number of fused-ring (bicyclic) bond motifs is 1. The van der Waals surface area contributed by atoms with Crippen LogP contribution in [0.3, 0.4) is 0 Å². The molecule has 5 nitrogen and oxygen atoms in total. The second kappa shape index (κ2) is 7.91. The Labute approximate surface area is 177 Å². The summed E-state index contributed by atoms with van der Waals surface area (Å²) in [5.41, 5.74) is 1.22. The van der Waals surface area contributed by atoms with Crippen LogP contribution in [0.2, 0.25) is 0 Å². The number of hydrogen-bond acceptors (Lipinski definition) is 4. The van der Waals surface area contributed by atoms with Gasteiger partial charge in [-0.05, 0) is 36.4 Å². The highest BCUT2D eigenvalue weighted by Gasteiger charge is 2.31. The summed E-state index contributed by atoms with van der Waals surface area (Å²) in [6, 6.07) is 20.6. The van der Waals surface area contributed by atoms with Crippen molar-refractivity contribution in [3.05, 3.63) is 72.5 Å². The van der Waals surface area contributed by atoms with E-state index in [9.17, 15) is 9.18 Å². The number of carbonyl (C=O) groups is 1. The van der Waals surface area contributed by atoms with Gasteiger partial charge in [0.05, 0.1) is 11.3 Å². The molecule has 0 atom stereocenters. The summed E-state index contributed by atoms with van der Waals surface area (Å²) in [5, 5.41) is 14.2. The maximum atomic E-state index is 14.3. The van der Waals surface area contributed by atoms with Crippen LogP contribution in [-0.4, -0.2) is 26.4 Å². The van der Waals surface area contributed by atoms with Crippen LogP contribution in [0, 0.1) is 5.82 Å². The number of carbonyl (C=O) groups excluding carboxylic acids is 1. The molecule has 1 fully saturated rings. The highest BCUT2D eigenvalue weighted by Crippen LogP contribution is 2.41. The van der Waals surface area contributed by atoms with Crippen LogP contribution in [0.1, 0.15) is 18.9 Å². The van der Waals surface area contributed by atoms with E-state index in [0.717, 1.165) is 29.3 Å². The zero-order valence-electron chi connectivity index (χ0n) is 16.1. The third-order valence-corrected chi connectivity index (χ3v) is 6.03. The molecule has 1 aromatic heterocycles. The van der Waals surface area contributed by atoms with Gasteiger partial charge in [-0.3, -0.25) is 9.36 Å². The first-order chi connectivity index (χ1) is 14.7. The molecule has 0 unspecified atom stereocenters. The van der Waals surface area contributed by atoms with E-state index in [-0.39, 0.29) is 23.5 Å². The van der Waals surface area contributed by atoms with Gasteiger partial charge in [-0.25, -0.2) is 4.39 Å². The van der Waals surface area contributed by atoms with Gasteiger partial charge in [-0.2, -0.15) is 0 Å². The molecule has 7 heteroatoms. The van der Waals surface area contributed by atoms with Crippen molar-refractivity contribution in [3.63, 3.8) is 0 Å². The summed E-state index contributed by atoms with van der Waals surface area (Å²) in [4.78, 5) is 12.6. The minimum Gasteiger partial charge on any atom is -0.325 e. The average molecular weight is 418 g/mol. The molecular weight excluding hydrogens is 399 g/mol. The topological polar surface area (TPSA) is 59.8 Å². The molecule has 0 saturated heterocycles. The summed E-state index contributed by atoms with van der Waals surface area (Å²) >= 11 is 1.32. The van der Waals surface area contributed by atoms with Crippen LogP contribution in [-0.2, 0) is 4.79 Å². The zero-order chi connectivity index (χ0) is 20.5. The Hall–Kier alpha value is -3.19. The van der Waals surface area contributed by atoms with E-state index in [1.54, 1.807) is 18.2 Å². The van der Waals surface area contributed by atoms with Crippen LogP contribution < -0.4 is 5.32 Å². The Balaban J connectivity index is 1.34. The van der Waals surface area contributed by atoms with E-state index in [0.29, 0.717) is 16.5 Å². The van der Waals surface area contributed by atoms with Gasteiger partial charge < -0.3 is 5.32 Å². The van der Waals surface area contributed by atoms with E-state index in [2.05, 4.69) is 15.5 Å². The highest BCUT2D eigenvalue weighted by molar-refractivity contribution is 7.99. The monoisotopic (exact) mass is 418 g/mol. The standard InChI is InChI=1S/C23H19FN4OS/c24-19-10-4-3-9-18(19)22-26-27-23(28(22)16-12-13-16)30-14-21(29)25-20-11-5-7-15-6-1-2-8-17(15)20/h1-11,16H,12-14H2,(H,25,29). The zero-order valence-corrected chi connectivity index (χ0v) is 16.9. The van der Waals surface area contributed by atoms with Gasteiger partial charge in [-0.1, -0.05) is 60.3 Å². The van der Waals surface area contributed by atoms with Crippen molar-refractivity contribution >= 4 is 34.1 Å². The van der Waals surface area contributed by atoms with Gasteiger partial charge in [0.1, 0.15) is 5.82 Å². The summed E-state index contributed by atoms with van der Waals surface area (Å²) in [6.45, 7) is 0. The molecule has 0 spiro atoms. The third kappa shape index (κ3) is 3.68. The highest BCUT2D eigenvalue weighted by atomic mass is 32.2. The van der Waals surface area contributed by atoms with Crippen molar-refractivity contribution in [1.29, 1.82) is 0 Å². The van der Waals surface area contributed by atoms with Gasteiger partial charge >= 0.3 is 0 Å². The molecule has 0 radical (unpaired) electrons. The molecule has 1 aliphatic carbocycles. The second-order valence-electron chi connectivity index (χ2n) is 7.25. The fraction of sp³-hybridized carbons (Fsp3) is 0.174. The lowest BCUT2D eigenvalue weighted by atomic mass is 10.1. The SMILES string of the molecule is O=C(CSc1nnc(-c2ccccc2F)n1C1CC1)Nc1cccc2ccccc12.